The lowest BCUT2D eigenvalue weighted by Gasteiger charge is -2.13. The van der Waals surface area contributed by atoms with E-state index >= 15 is 0 Å². The predicted molar refractivity (Wildman–Crippen MR) is 120 cm³/mol. The first-order valence-corrected chi connectivity index (χ1v) is 10.7. The first-order valence-electron chi connectivity index (χ1n) is 9.46. The lowest BCUT2D eigenvalue weighted by molar-refractivity contribution is -0.123. The molecule has 1 fully saturated rings. The molecule has 3 aromatic rings. The molecule has 2 amide bonds. The molecular formula is C24H17ClFNO3S. The minimum absolute atomic E-state index is 0.0878. The van der Waals surface area contributed by atoms with E-state index in [1.807, 2.05) is 6.07 Å². The number of halogens is 2. The van der Waals surface area contributed by atoms with E-state index in [2.05, 4.69) is 0 Å². The van der Waals surface area contributed by atoms with Crippen molar-refractivity contribution in [3.05, 3.63) is 105 Å². The molecule has 0 spiro atoms. The Morgan fingerprint density at radius 3 is 2.48 bits per heavy atom. The first-order chi connectivity index (χ1) is 15.0. The Balaban J connectivity index is 1.48. The van der Waals surface area contributed by atoms with E-state index < -0.39 is 0 Å². The average molecular weight is 454 g/mol. The number of hydrogen-bond donors (Lipinski definition) is 0. The number of imide groups is 1. The molecule has 0 saturated carbocycles. The maximum Gasteiger partial charge on any atom is 0.293 e. The number of hydrogen-bond acceptors (Lipinski definition) is 4. The van der Waals surface area contributed by atoms with Crippen LogP contribution in [0.2, 0.25) is 5.02 Å². The Hall–Kier alpha value is -3.09. The molecule has 4 rings (SSSR count). The molecule has 1 saturated heterocycles. The molecule has 156 valence electrons. The minimum atomic E-state index is -0.368. The Morgan fingerprint density at radius 2 is 1.71 bits per heavy atom. The van der Waals surface area contributed by atoms with Gasteiger partial charge in [0, 0.05) is 10.6 Å². The summed E-state index contributed by atoms with van der Waals surface area (Å²) < 4.78 is 19.5. The number of thioether (sulfide) groups is 1. The lowest BCUT2D eigenvalue weighted by atomic mass is 10.2. The van der Waals surface area contributed by atoms with Crippen LogP contribution < -0.4 is 4.74 Å². The lowest BCUT2D eigenvalue weighted by Crippen LogP contribution is -2.27. The molecule has 0 radical (unpaired) electrons. The van der Waals surface area contributed by atoms with Gasteiger partial charge in [-0.25, -0.2) is 4.39 Å². The van der Waals surface area contributed by atoms with Crippen LogP contribution in [0.25, 0.3) is 6.08 Å². The van der Waals surface area contributed by atoms with Gasteiger partial charge in [0.15, 0.2) is 0 Å². The molecule has 31 heavy (non-hydrogen) atoms. The second-order valence-corrected chi connectivity index (χ2v) is 8.21. The number of benzene rings is 3. The zero-order valence-corrected chi connectivity index (χ0v) is 17.8. The maximum absolute atomic E-state index is 13.8. The Kier molecular flexibility index (Phi) is 6.39. The number of nitrogens with zero attached hydrogens (tertiary/aromatic N) is 1. The van der Waals surface area contributed by atoms with Gasteiger partial charge in [-0.1, -0.05) is 60.1 Å². The van der Waals surface area contributed by atoms with Crippen molar-refractivity contribution in [2.45, 2.75) is 13.2 Å². The zero-order chi connectivity index (χ0) is 21.8. The van der Waals surface area contributed by atoms with Gasteiger partial charge in [-0.3, -0.25) is 14.5 Å². The predicted octanol–water partition coefficient (Wildman–Crippen LogP) is 6.29. The molecule has 0 N–H and O–H groups in total. The fraction of sp³-hybridized carbons (Fsp3) is 0.0833. The van der Waals surface area contributed by atoms with Crippen LogP contribution in [0.3, 0.4) is 0 Å². The molecule has 0 bridgehead atoms. The van der Waals surface area contributed by atoms with Gasteiger partial charge in [-0.05, 0) is 53.2 Å². The highest BCUT2D eigenvalue weighted by molar-refractivity contribution is 8.18. The number of carbonyl (C=O) groups excluding carboxylic acids is 2. The molecule has 3 aromatic carbocycles. The fourth-order valence-corrected chi connectivity index (χ4v) is 4.09. The van der Waals surface area contributed by atoms with Gasteiger partial charge in [0.2, 0.25) is 0 Å². The van der Waals surface area contributed by atoms with E-state index in [9.17, 15) is 14.0 Å². The van der Waals surface area contributed by atoms with E-state index in [1.165, 1.54) is 11.0 Å². The van der Waals surface area contributed by atoms with Gasteiger partial charge in [0.1, 0.15) is 18.2 Å². The Labute approximate surface area is 188 Å². The summed E-state index contributed by atoms with van der Waals surface area (Å²) >= 11 is 7.04. The van der Waals surface area contributed by atoms with Gasteiger partial charge < -0.3 is 4.74 Å². The van der Waals surface area contributed by atoms with E-state index in [0.29, 0.717) is 32.4 Å². The molecule has 0 atom stereocenters. The normalized spacial score (nSPS) is 15.0. The third kappa shape index (κ3) is 4.98. The Bertz CT molecular complexity index is 1180. The zero-order valence-electron chi connectivity index (χ0n) is 16.3. The maximum atomic E-state index is 13.8. The van der Waals surface area contributed by atoms with E-state index in [4.69, 9.17) is 16.3 Å². The average Bonchev–Trinajstić information content (AvgIpc) is 3.02. The topological polar surface area (TPSA) is 46.6 Å². The summed E-state index contributed by atoms with van der Waals surface area (Å²) in [5.41, 5.74) is 1.86. The van der Waals surface area contributed by atoms with Gasteiger partial charge in [-0.15, -0.1) is 0 Å². The molecule has 0 unspecified atom stereocenters. The van der Waals surface area contributed by atoms with Crippen LogP contribution in [0.15, 0.2) is 77.7 Å². The van der Waals surface area contributed by atoms with Crippen molar-refractivity contribution in [3.8, 4) is 5.75 Å². The van der Waals surface area contributed by atoms with Crippen molar-refractivity contribution >= 4 is 40.6 Å². The van der Waals surface area contributed by atoms with Crippen LogP contribution in [-0.2, 0) is 17.9 Å². The minimum Gasteiger partial charge on any atom is -0.489 e. The van der Waals surface area contributed by atoms with Crippen molar-refractivity contribution in [2.24, 2.45) is 0 Å². The second-order valence-electron chi connectivity index (χ2n) is 6.81. The van der Waals surface area contributed by atoms with Crippen LogP contribution in [0.4, 0.5) is 9.18 Å². The third-order valence-corrected chi connectivity index (χ3v) is 5.94. The van der Waals surface area contributed by atoms with Gasteiger partial charge in [0.25, 0.3) is 11.1 Å². The molecule has 0 aliphatic carbocycles. The van der Waals surface area contributed by atoms with Gasteiger partial charge >= 0.3 is 0 Å². The fourth-order valence-electron chi connectivity index (χ4n) is 3.06. The highest BCUT2D eigenvalue weighted by Gasteiger charge is 2.35. The van der Waals surface area contributed by atoms with Crippen LogP contribution in [0.1, 0.15) is 16.7 Å². The number of rotatable bonds is 6. The molecule has 1 heterocycles. The molecular weight excluding hydrogens is 437 g/mol. The first kappa shape index (κ1) is 21.2. The molecule has 0 aromatic heterocycles. The SMILES string of the molecule is O=C1S/C(=C\c2cccc(OCc3ccccc3F)c2)C(=O)N1Cc1ccccc1Cl. The smallest absolute Gasteiger partial charge is 0.293 e. The van der Waals surface area contributed by atoms with Crippen LogP contribution >= 0.6 is 23.4 Å². The van der Waals surface area contributed by atoms with Gasteiger partial charge in [0.05, 0.1) is 11.4 Å². The highest BCUT2D eigenvalue weighted by Crippen LogP contribution is 2.34. The summed E-state index contributed by atoms with van der Waals surface area (Å²) in [5.74, 6) is -0.161. The third-order valence-electron chi connectivity index (χ3n) is 4.67. The van der Waals surface area contributed by atoms with Crippen molar-refractivity contribution < 1.29 is 18.7 Å². The van der Waals surface area contributed by atoms with E-state index in [1.54, 1.807) is 66.7 Å². The molecule has 1 aliphatic heterocycles. The monoisotopic (exact) mass is 453 g/mol. The second kappa shape index (κ2) is 9.37. The summed E-state index contributed by atoms with van der Waals surface area (Å²) in [5, 5.41) is 0.161. The summed E-state index contributed by atoms with van der Waals surface area (Å²) in [7, 11) is 0. The summed E-state index contributed by atoms with van der Waals surface area (Å²) in [6.45, 7) is 0.206. The number of amides is 2. The Morgan fingerprint density at radius 1 is 0.968 bits per heavy atom. The largest absolute Gasteiger partial charge is 0.489 e. The molecule has 4 nitrogen and oxygen atoms in total. The summed E-state index contributed by atoms with van der Waals surface area (Å²) in [6.07, 6.45) is 1.65. The van der Waals surface area contributed by atoms with E-state index in [0.717, 1.165) is 11.8 Å². The molecule has 1 aliphatic rings. The molecule has 7 heteroatoms. The standard InChI is InChI=1S/C24H17ClFNO3S/c25-20-10-3-1-7-17(20)14-27-23(28)22(31-24(27)29)13-16-6-5-9-19(12-16)30-15-18-8-2-4-11-21(18)26/h1-13H,14-15H2/b22-13-. The number of carbonyl (C=O) groups is 2. The van der Waals surface area contributed by atoms with Crippen LogP contribution in [0, 0.1) is 5.82 Å². The highest BCUT2D eigenvalue weighted by atomic mass is 35.5. The quantitative estimate of drug-likeness (QED) is 0.411. The summed E-state index contributed by atoms with van der Waals surface area (Å²) in [4.78, 5) is 26.7. The number of ether oxygens (including phenoxy) is 1. The van der Waals surface area contributed by atoms with Crippen molar-refractivity contribution in [2.75, 3.05) is 0 Å². The van der Waals surface area contributed by atoms with Crippen molar-refractivity contribution in [1.82, 2.24) is 4.90 Å². The van der Waals surface area contributed by atoms with Gasteiger partial charge in [-0.2, -0.15) is 0 Å². The van der Waals surface area contributed by atoms with Crippen molar-refractivity contribution in [3.63, 3.8) is 0 Å². The van der Waals surface area contributed by atoms with Crippen LogP contribution in [0.5, 0.6) is 5.75 Å². The van der Waals surface area contributed by atoms with Crippen molar-refractivity contribution in [1.29, 1.82) is 0 Å². The summed E-state index contributed by atoms with van der Waals surface area (Å²) in [6, 6.07) is 20.6. The van der Waals surface area contributed by atoms with E-state index in [-0.39, 0.29) is 30.1 Å². The van der Waals surface area contributed by atoms with Crippen LogP contribution in [-0.4, -0.2) is 16.0 Å².